The van der Waals surface area contributed by atoms with E-state index < -0.39 is 54.5 Å². The number of aliphatic hydroxyl groups excluding tert-OH is 1. The van der Waals surface area contributed by atoms with E-state index in [2.05, 4.69) is 15.6 Å². The third-order valence-electron chi connectivity index (χ3n) is 5.84. The second kappa shape index (κ2) is 14.0. The number of aliphatic hydroxyl groups is 1. The molecule has 0 spiro atoms. The van der Waals surface area contributed by atoms with E-state index in [0.717, 1.165) is 5.56 Å². The van der Waals surface area contributed by atoms with Gasteiger partial charge in [0.05, 0.1) is 12.6 Å². The zero-order chi connectivity index (χ0) is 26.7. The molecular weight excluding hydrogens is 470 g/mol. The van der Waals surface area contributed by atoms with Gasteiger partial charge in [-0.25, -0.2) is 4.79 Å². The largest absolute Gasteiger partial charge is 0.480 e. The van der Waals surface area contributed by atoms with Crippen molar-refractivity contribution in [3.05, 3.63) is 35.9 Å². The van der Waals surface area contributed by atoms with E-state index in [4.69, 9.17) is 17.2 Å². The minimum absolute atomic E-state index is 0.0757. The van der Waals surface area contributed by atoms with Gasteiger partial charge in [-0.15, -0.1) is 0 Å². The Hall–Kier alpha value is -3.71. The molecular formula is C23H35N7O6. The number of aliphatic imine (C=N–C) groups is 1. The molecule has 13 heteroatoms. The second-order valence-electron chi connectivity index (χ2n) is 8.58. The zero-order valence-corrected chi connectivity index (χ0v) is 20.0. The number of aliphatic carboxylic acids is 1. The minimum atomic E-state index is -1.36. The normalized spacial score (nSPS) is 17.5. The van der Waals surface area contributed by atoms with Crippen LogP contribution in [0.15, 0.2) is 35.3 Å². The van der Waals surface area contributed by atoms with Gasteiger partial charge in [0.15, 0.2) is 5.96 Å². The molecule has 0 saturated carbocycles. The summed E-state index contributed by atoms with van der Waals surface area (Å²) in [6.07, 6.45) is 1.62. The van der Waals surface area contributed by atoms with Crippen LogP contribution in [0.2, 0.25) is 0 Å². The van der Waals surface area contributed by atoms with Gasteiger partial charge in [0.1, 0.15) is 18.1 Å². The standard InChI is InChI=1S/C23H35N7O6/c24-15(8-4-10-27-23(25)26)19(32)29-17(13-31)20(33)28-16(12-14-6-2-1-3-7-14)21(34)30-11-5-9-18(30)22(35)36/h1-3,6-7,15-18,31H,4-5,8-13,24H2,(H,28,33)(H,29,32)(H,35,36)(H4,25,26,27). The molecule has 10 N–H and O–H groups in total. The summed E-state index contributed by atoms with van der Waals surface area (Å²) >= 11 is 0. The van der Waals surface area contributed by atoms with Gasteiger partial charge < -0.3 is 42.9 Å². The van der Waals surface area contributed by atoms with E-state index >= 15 is 0 Å². The number of nitrogens with zero attached hydrogens (tertiary/aromatic N) is 2. The first-order valence-corrected chi connectivity index (χ1v) is 11.7. The summed E-state index contributed by atoms with van der Waals surface area (Å²) in [6, 6.07) is 4.51. The van der Waals surface area contributed by atoms with Crippen molar-refractivity contribution in [3.8, 4) is 0 Å². The molecule has 0 bridgehead atoms. The van der Waals surface area contributed by atoms with Gasteiger partial charge in [-0.05, 0) is 31.2 Å². The SMILES string of the molecule is NC(N)=NCCCC(N)C(=O)NC(CO)C(=O)NC(Cc1ccccc1)C(=O)N1CCCC1C(=O)O. The Labute approximate surface area is 209 Å². The van der Waals surface area contributed by atoms with E-state index in [0.29, 0.717) is 19.3 Å². The molecule has 1 heterocycles. The Balaban J connectivity index is 2.08. The number of carboxylic acids is 1. The number of carbonyl (C=O) groups is 4. The van der Waals surface area contributed by atoms with Gasteiger partial charge in [-0.1, -0.05) is 30.3 Å². The number of guanidine groups is 1. The van der Waals surface area contributed by atoms with Crippen molar-refractivity contribution in [3.63, 3.8) is 0 Å². The van der Waals surface area contributed by atoms with Crippen LogP contribution in [0.5, 0.6) is 0 Å². The lowest BCUT2D eigenvalue weighted by molar-refractivity contribution is -0.149. The molecule has 1 aliphatic heterocycles. The van der Waals surface area contributed by atoms with Crippen LogP contribution in [0, 0.1) is 0 Å². The molecule has 3 amide bonds. The summed E-state index contributed by atoms with van der Waals surface area (Å²) in [6.45, 7) is -0.192. The number of hydrogen-bond acceptors (Lipinski definition) is 7. The van der Waals surface area contributed by atoms with Crippen LogP contribution in [0.1, 0.15) is 31.2 Å². The van der Waals surface area contributed by atoms with Crippen molar-refractivity contribution in [1.29, 1.82) is 0 Å². The van der Waals surface area contributed by atoms with Crippen LogP contribution < -0.4 is 27.8 Å². The maximum Gasteiger partial charge on any atom is 0.326 e. The van der Waals surface area contributed by atoms with E-state index in [9.17, 15) is 29.4 Å². The number of rotatable bonds is 13. The van der Waals surface area contributed by atoms with Crippen molar-refractivity contribution >= 4 is 29.7 Å². The smallest absolute Gasteiger partial charge is 0.326 e. The molecule has 0 radical (unpaired) electrons. The summed E-state index contributed by atoms with van der Waals surface area (Å²) in [5.41, 5.74) is 17.1. The first-order valence-electron chi connectivity index (χ1n) is 11.7. The van der Waals surface area contributed by atoms with Crippen LogP contribution >= 0.6 is 0 Å². The zero-order valence-electron chi connectivity index (χ0n) is 20.0. The number of nitrogens with two attached hydrogens (primary N) is 3. The van der Waals surface area contributed by atoms with E-state index in [-0.39, 0.29) is 31.9 Å². The summed E-state index contributed by atoms with van der Waals surface area (Å²) < 4.78 is 0. The highest BCUT2D eigenvalue weighted by Gasteiger charge is 2.38. The van der Waals surface area contributed by atoms with Gasteiger partial charge in [0, 0.05) is 19.5 Å². The van der Waals surface area contributed by atoms with Crippen molar-refractivity contribution < 1.29 is 29.4 Å². The number of carbonyl (C=O) groups excluding carboxylic acids is 3. The third kappa shape index (κ3) is 8.50. The Morgan fingerprint density at radius 2 is 1.75 bits per heavy atom. The minimum Gasteiger partial charge on any atom is -0.480 e. The number of likely N-dealkylation sites (tertiary alicyclic amines) is 1. The van der Waals surface area contributed by atoms with Crippen LogP contribution in [0.25, 0.3) is 0 Å². The van der Waals surface area contributed by atoms with Gasteiger partial charge in [0.25, 0.3) is 0 Å². The summed E-state index contributed by atoms with van der Waals surface area (Å²) in [5, 5.41) is 24.2. The molecule has 1 aromatic rings. The van der Waals surface area contributed by atoms with Crippen molar-refractivity contribution in [1.82, 2.24) is 15.5 Å². The lowest BCUT2D eigenvalue weighted by Gasteiger charge is -2.28. The van der Waals surface area contributed by atoms with Crippen LogP contribution in [-0.2, 0) is 25.6 Å². The van der Waals surface area contributed by atoms with E-state index in [1.807, 2.05) is 0 Å². The monoisotopic (exact) mass is 505 g/mol. The Morgan fingerprint density at radius 1 is 1.08 bits per heavy atom. The average Bonchev–Trinajstić information content (AvgIpc) is 3.35. The molecule has 198 valence electrons. The molecule has 2 rings (SSSR count). The molecule has 1 fully saturated rings. The number of benzene rings is 1. The quantitative estimate of drug-likeness (QED) is 0.0863. The maximum absolute atomic E-state index is 13.3. The molecule has 0 aliphatic carbocycles. The van der Waals surface area contributed by atoms with Crippen LogP contribution in [0.4, 0.5) is 0 Å². The van der Waals surface area contributed by atoms with Crippen LogP contribution in [0.3, 0.4) is 0 Å². The second-order valence-corrected chi connectivity index (χ2v) is 8.58. The third-order valence-corrected chi connectivity index (χ3v) is 5.84. The fraction of sp³-hybridized carbons (Fsp3) is 0.522. The number of carboxylic acid groups (broad SMARTS) is 1. The number of hydrogen-bond donors (Lipinski definition) is 7. The Bertz CT molecular complexity index is 938. The van der Waals surface area contributed by atoms with Crippen molar-refractivity contribution in [2.45, 2.75) is 56.3 Å². The van der Waals surface area contributed by atoms with Crippen molar-refractivity contribution in [2.24, 2.45) is 22.2 Å². The highest BCUT2D eigenvalue weighted by Crippen LogP contribution is 2.19. The number of nitrogens with one attached hydrogen (secondary N) is 2. The van der Waals surface area contributed by atoms with Gasteiger partial charge in [-0.2, -0.15) is 0 Å². The number of amides is 3. The summed E-state index contributed by atoms with van der Waals surface area (Å²) in [5.74, 6) is -3.19. The Kier molecular flexibility index (Phi) is 11.1. The van der Waals surface area contributed by atoms with Gasteiger partial charge in [-0.3, -0.25) is 19.4 Å². The van der Waals surface area contributed by atoms with Gasteiger partial charge >= 0.3 is 5.97 Å². The molecule has 4 unspecified atom stereocenters. The fourth-order valence-electron chi connectivity index (χ4n) is 3.93. The lowest BCUT2D eigenvalue weighted by atomic mass is 10.0. The molecule has 1 aliphatic rings. The highest BCUT2D eigenvalue weighted by atomic mass is 16.4. The van der Waals surface area contributed by atoms with E-state index in [1.165, 1.54) is 4.90 Å². The predicted octanol–water partition coefficient (Wildman–Crippen LogP) is -2.35. The molecule has 1 saturated heterocycles. The summed E-state index contributed by atoms with van der Waals surface area (Å²) in [4.78, 5) is 55.3. The highest BCUT2D eigenvalue weighted by molar-refractivity contribution is 5.94. The predicted molar refractivity (Wildman–Crippen MR) is 131 cm³/mol. The fourth-order valence-corrected chi connectivity index (χ4v) is 3.93. The molecule has 13 nitrogen and oxygen atoms in total. The van der Waals surface area contributed by atoms with E-state index in [1.54, 1.807) is 30.3 Å². The first kappa shape index (κ1) is 28.5. The van der Waals surface area contributed by atoms with Crippen molar-refractivity contribution in [2.75, 3.05) is 19.7 Å². The molecule has 36 heavy (non-hydrogen) atoms. The molecule has 4 atom stereocenters. The topological polar surface area (TPSA) is 226 Å². The van der Waals surface area contributed by atoms with Gasteiger partial charge in [0.2, 0.25) is 17.7 Å². The maximum atomic E-state index is 13.3. The molecule has 1 aromatic carbocycles. The van der Waals surface area contributed by atoms with Crippen LogP contribution in [-0.4, -0.2) is 88.6 Å². The first-order chi connectivity index (χ1) is 17.1. The average molecular weight is 506 g/mol. The lowest BCUT2D eigenvalue weighted by Crippen LogP contribution is -2.58. The molecule has 0 aromatic heterocycles. The summed E-state index contributed by atoms with van der Waals surface area (Å²) in [7, 11) is 0. The Morgan fingerprint density at radius 3 is 2.36 bits per heavy atom.